The zero-order valence-electron chi connectivity index (χ0n) is 6.45. The lowest BCUT2D eigenvalue weighted by Gasteiger charge is -2.11. The Morgan fingerprint density at radius 3 is 3.00 bits per heavy atom. The second kappa shape index (κ2) is 3.97. The number of carboxylic acids is 1. The van der Waals surface area contributed by atoms with Crippen molar-refractivity contribution < 1.29 is 14.6 Å². The molecule has 2 atom stereocenters. The maximum Gasteiger partial charge on any atom is 0.313 e. The van der Waals surface area contributed by atoms with Crippen LogP contribution in [-0.2, 0) is 9.53 Å². The summed E-state index contributed by atoms with van der Waals surface area (Å²) in [5, 5.41) is 8.78. The van der Waals surface area contributed by atoms with E-state index in [0.29, 0.717) is 5.25 Å². The number of rotatable bonds is 3. The van der Waals surface area contributed by atoms with Crippen molar-refractivity contribution in [1.29, 1.82) is 0 Å². The van der Waals surface area contributed by atoms with E-state index in [1.165, 1.54) is 11.8 Å². The Morgan fingerprint density at radius 2 is 2.55 bits per heavy atom. The van der Waals surface area contributed by atoms with Crippen molar-refractivity contribution in [1.82, 2.24) is 0 Å². The second-order valence-electron chi connectivity index (χ2n) is 2.61. The second-order valence-corrected chi connectivity index (χ2v) is 3.84. The molecule has 0 amide bonds. The Hall–Kier alpha value is -0.220. The fourth-order valence-electron chi connectivity index (χ4n) is 1.11. The van der Waals surface area contributed by atoms with Gasteiger partial charge in [0.1, 0.15) is 0 Å². The molecule has 0 aromatic rings. The monoisotopic (exact) mass is 176 g/mol. The fourth-order valence-corrected chi connectivity index (χ4v) is 2.08. The average molecular weight is 176 g/mol. The van der Waals surface area contributed by atoms with Gasteiger partial charge < -0.3 is 9.84 Å². The van der Waals surface area contributed by atoms with Crippen LogP contribution in [0.2, 0.25) is 0 Å². The highest BCUT2D eigenvalue weighted by Crippen LogP contribution is 2.25. The summed E-state index contributed by atoms with van der Waals surface area (Å²) in [5.74, 6) is -0.549. The van der Waals surface area contributed by atoms with Crippen molar-refractivity contribution in [3.05, 3.63) is 0 Å². The molecule has 1 heterocycles. The summed E-state index contributed by atoms with van der Waals surface area (Å²) in [6, 6.07) is 0. The number of hydrogen-bond donors (Lipinski definition) is 1. The zero-order valence-corrected chi connectivity index (χ0v) is 7.26. The van der Waals surface area contributed by atoms with E-state index >= 15 is 0 Å². The largest absolute Gasteiger partial charge is 0.481 e. The standard InChI is InChI=1S/C7H12O3S/c1-5-6(2-3-10-5)11-4-7(8)9/h5-6H,2-4H2,1H3,(H,8,9). The molecule has 1 aliphatic rings. The Bertz CT molecular complexity index is 149. The van der Waals surface area contributed by atoms with Crippen molar-refractivity contribution in [2.24, 2.45) is 0 Å². The van der Waals surface area contributed by atoms with Gasteiger partial charge in [0.2, 0.25) is 0 Å². The molecule has 0 radical (unpaired) electrons. The molecule has 1 N–H and O–H groups in total. The van der Waals surface area contributed by atoms with Gasteiger partial charge >= 0.3 is 5.97 Å². The summed E-state index contributed by atoms with van der Waals surface area (Å²) in [6.07, 6.45) is 1.21. The molecule has 64 valence electrons. The minimum Gasteiger partial charge on any atom is -0.481 e. The number of hydrogen-bond acceptors (Lipinski definition) is 3. The Balaban J connectivity index is 2.20. The number of aliphatic carboxylic acids is 1. The summed E-state index contributed by atoms with van der Waals surface area (Å²) >= 11 is 1.48. The first-order valence-corrected chi connectivity index (χ1v) is 4.70. The molecular formula is C7H12O3S. The summed E-state index contributed by atoms with van der Waals surface area (Å²) < 4.78 is 5.28. The van der Waals surface area contributed by atoms with Crippen LogP contribution in [0.15, 0.2) is 0 Å². The van der Waals surface area contributed by atoms with Crippen LogP contribution in [0.3, 0.4) is 0 Å². The van der Waals surface area contributed by atoms with E-state index in [9.17, 15) is 4.79 Å². The van der Waals surface area contributed by atoms with Crippen LogP contribution in [0.1, 0.15) is 13.3 Å². The zero-order chi connectivity index (χ0) is 8.27. The smallest absolute Gasteiger partial charge is 0.313 e. The molecule has 0 aromatic heterocycles. The highest BCUT2D eigenvalue weighted by molar-refractivity contribution is 8.00. The van der Waals surface area contributed by atoms with Crippen molar-refractivity contribution >= 4 is 17.7 Å². The van der Waals surface area contributed by atoms with E-state index < -0.39 is 5.97 Å². The van der Waals surface area contributed by atoms with Crippen LogP contribution in [0.4, 0.5) is 0 Å². The molecule has 1 rings (SSSR count). The number of ether oxygens (including phenoxy) is 1. The lowest BCUT2D eigenvalue weighted by molar-refractivity contribution is -0.133. The van der Waals surface area contributed by atoms with Crippen molar-refractivity contribution in [3.63, 3.8) is 0 Å². The molecule has 0 aromatic carbocycles. The predicted octanol–water partition coefficient (Wildman–Crippen LogP) is 0.982. The summed E-state index contributed by atoms with van der Waals surface area (Å²) in [6.45, 7) is 2.77. The summed E-state index contributed by atoms with van der Waals surface area (Å²) in [7, 11) is 0. The van der Waals surface area contributed by atoms with Crippen molar-refractivity contribution in [3.8, 4) is 0 Å². The average Bonchev–Trinajstić information content (AvgIpc) is 2.31. The van der Waals surface area contributed by atoms with Gasteiger partial charge in [0.05, 0.1) is 11.9 Å². The molecule has 1 fully saturated rings. The van der Waals surface area contributed by atoms with Gasteiger partial charge in [-0.15, -0.1) is 11.8 Å². The third-order valence-corrected chi connectivity index (χ3v) is 3.19. The molecule has 1 saturated heterocycles. The fraction of sp³-hybridized carbons (Fsp3) is 0.857. The van der Waals surface area contributed by atoms with Crippen LogP contribution in [0.25, 0.3) is 0 Å². The summed E-state index contributed by atoms with van der Waals surface area (Å²) in [5.41, 5.74) is 0. The predicted molar refractivity (Wildman–Crippen MR) is 43.9 cm³/mol. The maximum absolute atomic E-state index is 10.2. The molecule has 0 bridgehead atoms. The Labute approximate surface area is 70.1 Å². The van der Waals surface area contributed by atoms with Crippen LogP contribution in [0, 0.1) is 0 Å². The van der Waals surface area contributed by atoms with E-state index in [1.807, 2.05) is 6.92 Å². The molecule has 0 saturated carbocycles. The quantitative estimate of drug-likeness (QED) is 0.696. The molecule has 3 nitrogen and oxygen atoms in total. The van der Waals surface area contributed by atoms with Gasteiger partial charge in [-0.1, -0.05) is 0 Å². The van der Waals surface area contributed by atoms with Gasteiger partial charge in [0.25, 0.3) is 0 Å². The highest BCUT2D eigenvalue weighted by atomic mass is 32.2. The Kier molecular flexibility index (Phi) is 3.20. The van der Waals surface area contributed by atoms with Gasteiger partial charge in [-0.25, -0.2) is 0 Å². The molecule has 2 unspecified atom stereocenters. The van der Waals surface area contributed by atoms with E-state index in [-0.39, 0.29) is 11.9 Å². The van der Waals surface area contributed by atoms with Crippen molar-refractivity contribution in [2.45, 2.75) is 24.7 Å². The minimum atomic E-state index is -0.742. The van der Waals surface area contributed by atoms with E-state index in [2.05, 4.69) is 0 Å². The van der Waals surface area contributed by atoms with E-state index in [0.717, 1.165) is 13.0 Å². The topological polar surface area (TPSA) is 46.5 Å². The lowest BCUT2D eigenvalue weighted by Crippen LogP contribution is -2.15. The maximum atomic E-state index is 10.2. The van der Waals surface area contributed by atoms with Crippen LogP contribution >= 0.6 is 11.8 Å². The first-order valence-electron chi connectivity index (χ1n) is 3.65. The number of thioether (sulfide) groups is 1. The molecule has 4 heteroatoms. The van der Waals surface area contributed by atoms with Gasteiger partial charge in [-0.2, -0.15) is 0 Å². The van der Waals surface area contributed by atoms with Gasteiger partial charge in [-0.3, -0.25) is 4.79 Å². The van der Waals surface area contributed by atoms with E-state index in [1.54, 1.807) is 0 Å². The van der Waals surface area contributed by atoms with Crippen LogP contribution in [0.5, 0.6) is 0 Å². The first-order chi connectivity index (χ1) is 5.20. The van der Waals surface area contributed by atoms with Gasteiger partial charge in [0.15, 0.2) is 0 Å². The van der Waals surface area contributed by atoms with E-state index in [4.69, 9.17) is 9.84 Å². The molecule has 0 spiro atoms. The SMILES string of the molecule is CC1OCCC1SCC(=O)O. The normalized spacial score (nSPS) is 30.6. The lowest BCUT2D eigenvalue weighted by atomic mass is 10.3. The van der Waals surface area contributed by atoms with Gasteiger partial charge in [-0.05, 0) is 13.3 Å². The van der Waals surface area contributed by atoms with Crippen LogP contribution in [-0.4, -0.2) is 34.8 Å². The third kappa shape index (κ3) is 2.71. The minimum absolute atomic E-state index is 0.193. The summed E-state index contributed by atoms with van der Waals surface area (Å²) in [4.78, 5) is 10.2. The number of carbonyl (C=O) groups is 1. The highest BCUT2D eigenvalue weighted by Gasteiger charge is 2.24. The third-order valence-electron chi connectivity index (χ3n) is 1.73. The molecule has 1 aliphatic heterocycles. The molecular weight excluding hydrogens is 164 g/mol. The van der Waals surface area contributed by atoms with Gasteiger partial charge in [0, 0.05) is 11.9 Å². The van der Waals surface area contributed by atoms with Crippen molar-refractivity contribution in [2.75, 3.05) is 12.4 Å². The Morgan fingerprint density at radius 1 is 1.82 bits per heavy atom. The van der Waals surface area contributed by atoms with Crippen LogP contribution < -0.4 is 0 Å². The first kappa shape index (κ1) is 8.87. The molecule has 11 heavy (non-hydrogen) atoms. The number of carboxylic acid groups (broad SMARTS) is 1. The molecule has 0 aliphatic carbocycles.